The zero-order chi connectivity index (χ0) is 18.2. The highest BCUT2D eigenvalue weighted by atomic mass is 19.2. The SMILES string of the molecule is O=C(NCc1ccc(F)c(F)c1F)[C@]1(F)CC[C@@H](O)c2ncccc21. The number of benzene rings is 1. The van der Waals surface area contributed by atoms with Gasteiger partial charge in [-0.25, -0.2) is 17.6 Å². The molecule has 1 heterocycles. The van der Waals surface area contributed by atoms with Gasteiger partial charge in [-0.3, -0.25) is 9.78 Å². The number of carbonyl (C=O) groups excluding carboxylic acids is 1. The molecule has 0 fully saturated rings. The van der Waals surface area contributed by atoms with Crippen molar-refractivity contribution in [2.24, 2.45) is 0 Å². The van der Waals surface area contributed by atoms with Gasteiger partial charge in [-0.05, 0) is 25.0 Å². The molecular weight excluding hydrogens is 340 g/mol. The van der Waals surface area contributed by atoms with Crippen LogP contribution >= 0.6 is 0 Å². The number of alkyl halides is 1. The van der Waals surface area contributed by atoms with Gasteiger partial charge in [0.25, 0.3) is 5.91 Å². The van der Waals surface area contributed by atoms with Gasteiger partial charge in [0, 0.05) is 23.9 Å². The molecule has 4 nitrogen and oxygen atoms in total. The van der Waals surface area contributed by atoms with Crippen LogP contribution in [0.2, 0.25) is 0 Å². The van der Waals surface area contributed by atoms with Crippen LogP contribution < -0.4 is 5.32 Å². The summed E-state index contributed by atoms with van der Waals surface area (Å²) in [6.45, 7) is -0.508. The van der Waals surface area contributed by atoms with Gasteiger partial charge < -0.3 is 10.4 Å². The lowest BCUT2D eigenvalue weighted by Crippen LogP contribution is -2.44. The minimum Gasteiger partial charge on any atom is -0.387 e. The summed E-state index contributed by atoms with van der Waals surface area (Å²) in [6.07, 6.45) is 0.117. The Kier molecular flexibility index (Phi) is 4.47. The highest BCUT2D eigenvalue weighted by Gasteiger charge is 2.46. The van der Waals surface area contributed by atoms with E-state index >= 15 is 4.39 Å². The number of fused-ring (bicyclic) bond motifs is 1. The molecule has 0 spiro atoms. The van der Waals surface area contributed by atoms with Gasteiger partial charge in [0.1, 0.15) is 0 Å². The predicted octanol–water partition coefficient (Wildman–Crippen LogP) is 2.81. The number of amides is 1. The Bertz CT molecular complexity index is 830. The van der Waals surface area contributed by atoms with Crippen molar-refractivity contribution in [2.75, 3.05) is 0 Å². The molecule has 3 rings (SSSR count). The number of nitrogens with one attached hydrogen (secondary N) is 1. The number of aliphatic hydroxyl groups excluding tert-OH is 1. The van der Waals surface area contributed by atoms with Crippen molar-refractivity contribution < 1.29 is 27.5 Å². The third-order valence-electron chi connectivity index (χ3n) is 4.26. The van der Waals surface area contributed by atoms with Gasteiger partial charge in [-0.2, -0.15) is 0 Å². The summed E-state index contributed by atoms with van der Waals surface area (Å²) in [6, 6.07) is 4.48. The van der Waals surface area contributed by atoms with E-state index in [9.17, 15) is 23.1 Å². The molecule has 132 valence electrons. The number of halogens is 4. The maximum atomic E-state index is 15.3. The number of hydrogen-bond acceptors (Lipinski definition) is 3. The summed E-state index contributed by atoms with van der Waals surface area (Å²) in [7, 11) is 0. The highest BCUT2D eigenvalue weighted by Crippen LogP contribution is 2.42. The molecular formula is C17H14F4N2O2. The average Bonchev–Trinajstić information content (AvgIpc) is 2.62. The fraction of sp³-hybridized carbons (Fsp3) is 0.294. The van der Waals surface area contributed by atoms with E-state index in [1.54, 1.807) is 0 Å². The van der Waals surface area contributed by atoms with Crippen molar-refractivity contribution in [3.05, 3.63) is 64.7 Å². The van der Waals surface area contributed by atoms with E-state index < -0.39 is 41.7 Å². The summed E-state index contributed by atoms with van der Waals surface area (Å²) in [5, 5.41) is 12.1. The minimum absolute atomic E-state index is 0.00648. The lowest BCUT2D eigenvalue weighted by atomic mass is 9.81. The second-order valence-electron chi connectivity index (χ2n) is 5.81. The first-order chi connectivity index (χ1) is 11.8. The fourth-order valence-electron chi connectivity index (χ4n) is 2.88. The molecule has 8 heteroatoms. The molecule has 0 saturated heterocycles. The van der Waals surface area contributed by atoms with Crippen LogP contribution in [0.3, 0.4) is 0 Å². The third-order valence-corrected chi connectivity index (χ3v) is 4.26. The molecule has 1 aliphatic carbocycles. The molecule has 1 amide bonds. The van der Waals surface area contributed by atoms with Crippen molar-refractivity contribution in [2.45, 2.75) is 31.2 Å². The normalized spacial score (nSPS) is 22.4. The topological polar surface area (TPSA) is 62.2 Å². The molecule has 25 heavy (non-hydrogen) atoms. The van der Waals surface area contributed by atoms with Crippen LogP contribution in [0.1, 0.15) is 35.8 Å². The first-order valence-corrected chi connectivity index (χ1v) is 7.57. The fourth-order valence-corrected chi connectivity index (χ4v) is 2.88. The number of aliphatic hydroxyl groups is 1. The number of carbonyl (C=O) groups is 1. The zero-order valence-electron chi connectivity index (χ0n) is 12.9. The Morgan fingerprint density at radius 3 is 2.80 bits per heavy atom. The van der Waals surface area contributed by atoms with Crippen LogP contribution in [0.15, 0.2) is 30.5 Å². The van der Waals surface area contributed by atoms with Gasteiger partial charge in [0.05, 0.1) is 11.8 Å². The first kappa shape index (κ1) is 17.3. The lowest BCUT2D eigenvalue weighted by Gasteiger charge is -2.32. The van der Waals surface area contributed by atoms with E-state index in [0.717, 1.165) is 12.1 Å². The molecule has 2 N–H and O–H groups in total. The number of hydrogen-bond donors (Lipinski definition) is 2. The van der Waals surface area contributed by atoms with Crippen LogP contribution in [0.5, 0.6) is 0 Å². The van der Waals surface area contributed by atoms with Gasteiger partial charge >= 0.3 is 0 Å². The lowest BCUT2D eigenvalue weighted by molar-refractivity contribution is -0.135. The molecule has 2 aromatic rings. The molecule has 0 unspecified atom stereocenters. The summed E-state index contributed by atoms with van der Waals surface area (Å²) in [5.41, 5.74) is -2.74. The quantitative estimate of drug-likeness (QED) is 0.658. The molecule has 1 aromatic heterocycles. The highest BCUT2D eigenvalue weighted by molar-refractivity contribution is 5.87. The van der Waals surface area contributed by atoms with E-state index in [4.69, 9.17) is 0 Å². The zero-order valence-corrected chi connectivity index (χ0v) is 12.9. The van der Waals surface area contributed by atoms with E-state index in [2.05, 4.69) is 10.3 Å². The van der Waals surface area contributed by atoms with Crippen LogP contribution in [-0.2, 0) is 17.0 Å². The molecule has 1 aromatic carbocycles. The molecule has 0 radical (unpaired) electrons. The van der Waals surface area contributed by atoms with Crippen molar-refractivity contribution in [3.63, 3.8) is 0 Å². The first-order valence-electron chi connectivity index (χ1n) is 7.57. The number of nitrogens with zero attached hydrogens (tertiary/aromatic N) is 1. The maximum Gasteiger partial charge on any atom is 0.262 e. The molecule has 0 aliphatic heterocycles. The Balaban J connectivity index is 1.82. The monoisotopic (exact) mass is 354 g/mol. The maximum absolute atomic E-state index is 15.3. The van der Waals surface area contributed by atoms with Crippen molar-refractivity contribution in [1.29, 1.82) is 0 Å². The van der Waals surface area contributed by atoms with Crippen LogP contribution in [-0.4, -0.2) is 16.0 Å². The standard InChI is InChI=1S/C17H14F4N2O2/c18-11-4-3-9(13(19)14(11)20)8-23-16(25)17(21)6-5-12(24)15-10(17)2-1-7-22-15/h1-4,7,12,24H,5-6,8H2,(H,23,25)/t12-,17+/m1/s1. The van der Waals surface area contributed by atoms with Gasteiger partial charge in [-0.1, -0.05) is 12.1 Å². The van der Waals surface area contributed by atoms with Crippen LogP contribution in [0.25, 0.3) is 0 Å². The van der Waals surface area contributed by atoms with Crippen molar-refractivity contribution in [3.8, 4) is 0 Å². The van der Waals surface area contributed by atoms with Crippen molar-refractivity contribution >= 4 is 5.91 Å². The van der Waals surface area contributed by atoms with Gasteiger partial charge in [0.15, 0.2) is 17.5 Å². The number of aromatic nitrogens is 1. The second kappa shape index (κ2) is 6.44. The number of rotatable bonds is 3. The largest absolute Gasteiger partial charge is 0.387 e. The smallest absolute Gasteiger partial charge is 0.262 e. The molecule has 0 saturated carbocycles. The Morgan fingerprint density at radius 1 is 1.28 bits per heavy atom. The Morgan fingerprint density at radius 2 is 2.04 bits per heavy atom. The number of pyridine rings is 1. The average molecular weight is 354 g/mol. The summed E-state index contributed by atoms with van der Waals surface area (Å²) >= 11 is 0. The summed E-state index contributed by atoms with van der Waals surface area (Å²) in [4.78, 5) is 16.3. The third kappa shape index (κ3) is 2.97. The van der Waals surface area contributed by atoms with E-state index in [1.165, 1.54) is 18.3 Å². The summed E-state index contributed by atoms with van der Waals surface area (Å²) in [5.74, 6) is -5.50. The van der Waals surface area contributed by atoms with Crippen molar-refractivity contribution in [1.82, 2.24) is 10.3 Å². The molecule has 0 bridgehead atoms. The van der Waals surface area contributed by atoms with E-state index in [1.807, 2.05) is 0 Å². The molecule has 1 aliphatic rings. The van der Waals surface area contributed by atoms with E-state index in [-0.39, 0.29) is 29.7 Å². The molecule has 2 atom stereocenters. The second-order valence-corrected chi connectivity index (χ2v) is 5.81. The van der Waals surface area contributed by atoms with Gasteiger partial charge in [0.2, 0.25) is 5.67 Å². The minimum atomic E-state index is -2.45. The van der Waals surface area contributed by atoms with Crippen LogP contribution in [0, 0.1) is 17.5 Å². The Hall–Kier alpha value is -2.48. The summed E-state index contributed by atoms with van der Waals surface area (Å²) < 4.78 is 55.1. The van der Waals surface area contributed by atoms with Crippen LogP contribution in [0.4, 0.5) is 17.6 Å². The van der Waals surface area contributed by atoms with Gasteiger partial charge in [-0.15, -0.1) is 0 Å². The Labute approximate surface area is 140 Å². The van der Waals surface area contributed by atoms with E-state index in [0.29, 0.717) is 0 Å². The predicted molar refractivity (Wildman–Crippen MR) is 79.4 cm³/mol.